The van der Waals surface area contributed by atoms with Gasteiger partial charge in [0.05, 0.1) is 43.9 Å². The zero-order chi connectivity index (χ0) is 35.9. The second kappa shape index (κ2) is 17.3. The molecule has 2 N–H and O–H groups in total. The first-order valence-corrected chi connectivity index (χ1v) is 17.3. The fraction of sp³-hybridized carbons (Fsp3) is 0.710. The molecule has 1 aliphatic heterocycles. The number of esters is 2. The molecule has 5 unspecified atom stereocenters. The quantitative estimate of drug-likeness (QED) is 0.145. The van der Waals surface area contributed by atoms with Gasteiger partial charge in [-0.1, -0.05) is 41.5 Å². The topological polar surface area (TPSA) is 200 Å². The fourth-order valence-corrected chi connectivity index (χ4v) is 6.37. The Morgan fingerprint density at radius 2 is 1.60 bits per heavy atom. The van der Waals surface area contributed by atoms with Crippen LogP contribution in [0.5, 0.6) is 0 Å². The number of fused-ring (bicyclic) bond motifs is 1. The van der Waals surface area contributed by atoms with Crippen molar-refractivity contribution < 1.29 is 37.6 Å². The number of H-pyrrole nitrogens is 1. The van der Waals surface area contributed by atoms with Crippen LogP contribution in [0.4, 0.5) is 5.95 Å². The summed E-state index contributed by atoms with van der Waals surface area (Å²) in [7, 11) is -1.70. The molecule has 2 aromatic rings. The lowest BCUT2D eigenvalue weighted by Gasteiger charge is -2.36. The first kappa shape index (κ1) is 39.0. The number of carbonyl (C=O) groups excluding carboxylic acids is 3. The van der Waals surface area contributed by atoms with Gasteiger partial charge in [-0.2, -0.15) is 10.2 Å². The summed E-state index contributed by atoms with van der Waals surface area (Å²) in [5, 5.41) is 11.7. The van der Waals surface area contributed by atoms with E-state index in [1.807, 2.05) is 32.4 Å². The number of hydrogen-bond acceptors (Lipinski definition) is 13. The van der Waals surface area contributed by atoms with Gasteiger partial charge < -0.3 is 23.3 Å². The number of hydrogen-bond donors (Lipinski definition) is 2. The van der Waals surface area contributed by atoms with Crippen molar-refractivity contribution in [1.29, 1.82) is 5.26 Å². The number of nitrogens with one attached hydrogen (secondary N) is 2. The van der Waals surface area contributed by atoms with E-state index in [-0.39, 0.29) is 60.7 Å². The smallest absolute Gasteiger partial charge is 0.308 e. The van der Waals surface area contributed by atoms with Crippen LogP contribution in [0.15, 0.2) is 11.1 Å². The number of imidazole rings is 1. The second-order valence-corrected chi connectivity index (χ2v) is 14.4. The molecule has 0 bridgehead atoms. The van der Waals surface area contributed by atoms with Gasteiger partial charge in [-0.05, 0) is 27.7 Å². The standard InChI is InChI=1S/C31H48N7O9P/c1-16(2)26(39)35-31-34-25-22(27(40)36-31)33-15-37(25)28-24(47-30(42)18(5)6)23(46-29(41)17(3)4)21(45-28)14-44-48(43-13-11-12-32)38(19(7)8)20(9)10/h15-21,23-24,28H,11,13-14H2,1-10H3,(H2,34,35,36,39,40). The van der Waals surface area contributed by atoms with Crippen LogP contribution >= 0.6 is 8.53 Å². The summed E-state index contributed by atoms with van der Waals surface area (Å²) >= 11 is 0. The number of aromatic amines is 1. The summed E-state index contributed by atoms with van der Waals surface area (Å²) < 4.78 is 34.2. The third kappa shape index (κ3) is 9.57. The van der Waals surface area contributed by atoms with Crippen LogP contribution in [0.25, 0.3) is 11.2 Å². The molecule has 2 aromatic heterocycles. The summed E-state index contributed by atoms with van der Waals surface area (Å²) in [5.74, 6) is -3.04. The second-order valence-electron chi connectivity index (χ2n) is 12.9. The van der Waals surface area contributed by atoms with Crippen LogP contribution in [-0.2, 0) is 37.6 Å². The number of ether oxygens (including phenoxy) is 3. The van der Waals surface area contributed by atoms with Crippen LogP contribution in [-0.4, -0.2) is 85.6 Å². The van der Waals surface area contributed by atoms with Crippen molar-refractivity contribution in [2.75, 3.05) is 18.5 Å². The van der Waals surface area contributed by atoms with Gasteiger partial charge in [0, 0.05) is 18.0 Å². The van der Waals surface area contributed by atoms with E-state index in [1.54, 1.807) is 41.5 Å². The average Bonchev–Trinajstić information content (AvgIpc) is 3.56. The molecular formula is C31H48N7O9P. The molecule has 48 heavy (non-hydrogen) atoms. The molecule has 266 valence electrons. The Bertz CT molecular complexity index is 1510. The molecule has 16 nitrogen and oxygen atoms in total. The maximum atomic E-state index is 13.1. The maximum Gasteiger partial charge on any atom is 0.308 e. The van der Waals surface area contributed by atoms with Crippen LogP contribution in [0.1, 0.15) is 81.9 Å². The average molecular weight is 694 g/mol. The number of carbonyl (C=O) groups is 3. The monoisotopic (exact) mass is 693 g/mol. The molecule has 1 aliphatic rings. The van der Waals surface area contributed by atoms with Crippen molar-refractivity contribution in [3.63, 3.8) is 0 Å². The van der Waals surface area contributed by atoms with Gasteiger partial charge in [0.2, 0.25) is 11.9 Å². The highest BCUT2D eigenvalue weighted by Gasteiger charge is 2.52. The minimum atomic E-state index is -1.70. The van der Waals surface area contributed by atoms with Crippen molar-refractivity contribution in [3.05, 3.63) is 16.7 Å². The largest absolute Gasteiger partial charge is 0.455 e. The number of amides is 1. The Morgan fingerprint density at radius 1 is 1.00 bits per heavy atom. The third-order valence-corrected chi connectivity index (χ3v) is 9.29. The van der Waals surface area contributed by atoms with Crippen molar-refractivity contribution in [2.24, 2.45) is 17.8 Å². The molecule has 3 rings (SSSR count). The van der Waals surface area contributed by atoms with E-state index in [2.05, 4.69) is 26.3 Å². The van der Waals surface area contributed by atoms with Crippen molar-refractivity contribution in [2.45, 2.75) is 112 Å². The summed E-state index contributed by atoms with van der Waals surface area (Å²) in [6.45, 7) is 18.1. The third-order valence-electron chi connectivity index (χ3n) is 7.22. The minimum absolute atomic E-state index is 0.0246. The summed E-state index contributed by atoms with van der Waals surface area (Å²) in [6.07, 6.45) is -3.03. The Morgan fingerprint density at radius 3 is 2.15 bits per heavy atom. The zero-order valence-corrected chi connectivity index (χ0v) is 30.1. The Labute approximate surface area is 281 Å². The zero-order valence-electron chi connectivity index (χ0n) is 29.3. The normalized spacial score (nSPS) is 20.3. The van der Waals surface area contributed by atoms with Crippen LogP contribution < -0.4 is 10.9 Å². The van der Waals surface area contributed by atoms with E-state index in [0.717, 1.165) is 0 Å². The van der Waals surface area contributed by atoms with Gasteiger partial charge >= 0.3 is 11.9 Å². The lowest BCUT2D eigenvalue weighted by molar-refractivity contribution is -0.172. The van der Waals surface area contributed by atoms with Gasteiger partial charge in [-0.25, -0.2) is 9.65 Å². The SMILES string of the molecule is CC(C)C(=O)Nc1nc2c(ncn2C2OC(COP(OCCC#N)N(C(C)C)C(C)C)C(OC(=O)C(C)C)C2OC(=O)C(C)C)c(=O)[nH]1. The Kier molecular flexibility index (Phi) is 14.0. The Hall–Kier alpha value is -3.48. The maximum absolute atomic E-state index is 13.1. The van der Waals surface area contributed by atoms with Crippen LogP contribution in [0.2, 0.25) is 0 Å². The first-order valence-electron chi connectivity index (χ1n) is 16.1. The highest BCUT2D eigenvalue weighted by Crippen LogP contribution is 2.47. The molecule has 0 saturated carbocycles. The van der Waals surface area contributed by atoms with E-state index < -0.39 is 62.4 Å². The number of rotatable bonds is 16. The van der Waals surface area contributed by atoms with E-state index in [1.165, 1.54) is 10.9 Å². The van der Waals surface area contributed by atoms with Crippen LogP contribution in [0, 0.1) is 29.1 Å². The number of nitrogens with zero attached hydrogens (tertiary/aromatic N) is 5. The van der Waals surface area contributed by atoms with Gasteiger partial charge in [0.15, 0.2) is 29.6 Å². The minimum Gasteiger partial charge on any atom is -0.455 e. The molecule has 17 heteroatoms. The molecule has 0 radical (unpaired) electrons. The van der Waals surface area contributed by atoms with Gasteiger partial charge in [0.25, 0.3) is 14.1 Å². The van der Waals surface area contributed by atoms with Crippen molar-refractivity contribution in [1.82, 2.24) is 24.2 Å². The van der Waals surface area contributed by atoms with Gasteiger partial charge in [-0.3, -0.25) is 34.0 Å². The summed E-state index contributed by atoms with van der Waals surface area (Å²) in [6, 6.07) is 2.12. The molecule has 1 amide bonds. The molecule has 1 fully saturated rings. The molecule has 0 aliphatic carbocycles. The Balaban J connectivity index is 2.10. The lowest BCUT2D eigenvalue weighted by atomic mass is 10.1. The molecule has 0 aromatic carbocycles. The number of nitriles is 1. The first-order chi connectivity index (χ1) is 22.6. The van der Waals surface area contributed by atoms with E-state index in [4.69, 9.17) is 28.5 Å². The van der Waals surface area contributed by atoms with Crippen LogP contribution in [0.3, 0.4) is 0 Å². The van der Waals surface area contributed by atoms with Gasteiger partial charge in [-0.15, -0.1) is 0 Å². The molecule has 5 atom stereocenters. The van der Waals surface area contributed by atoms with E-state index >= 15 is 0 Å². The highest BCUT2D eigenvalue weighted by molar-refractivity contribution is 7.44. The van der Waals surface area contributed by atoms with Crippen molar-refractivity contribution >= 4 is 43.5 Å². The predicted octanol–water partition coefficient (Wildman–Crippen LogP) is 4.04. The van der Waals surface area contributed by atoms with E-state index in [9.17, 15) is 19.2 Å². The summed E-state index contributed by atoms with van der Waals surface area (Å²) in [4.78, 5) is 62.6. The fourth-order valence-electron chi connectivity index (χ4n) is 4.76. The molecule has 0 spiro atoms. The predicted molar refractivity (Wildman–Crippen MR) is 176 cm³/mol. The molecular weight excluding hydrogens is 645 g/mol. The lowest BCUT2D eigenvalue weighted by Crippen LogP contribution is -2.42. The molecule has 1 saturated heterocycles. The number of aromatic nitrogens is 4. The molecule has 3 heterocycles. The van der Waals surface area contributed by atoms with Gasteiger partial charge in [0.1, 0.15) is 6.10 Å². The highest BCUT2D eigenvalue weighted by atomic mass is 31.2. The van der Waals surface area contributed by atoms with E-state index in [0.29, 0.717) is 0 Å². The number of anilines is 1. The summed E-state index contributed by atoms with van der Waals surface area (Å²) in [5.41, 5.74) is -0.627. The van der Waals surface area contributed by atoms with Crippen molar-refractivity contribution in [3.8, 4) is 6.07 Å².